The van der Waals surface area contributed by atoms with Gasteiger partial charge in [-0.15, -0.1) is 0 Å². The zero-order valence-electron chi connectivity index (χ0n) is 16.0. The second-order valence-electron chi connectivity index (χ2n) is 7.39. The van der Waals surface area contributed by atoms with Gasteiger partial charge >= 0.3 is 0 Å². The Morgan fingerprint density at radius 1 is 0.964 bits per heavy atom. The lowest BCUT2D eigenvalue weighted by Gasteiger charge is -2.42. The minimum atomic E-state index is -0.0257. The van der Waals surface area contributed by atoms with E-state index in [0.717, 1.165) is 54.9 Å². The predicted molar refractivity (Wildman–Crippen MR) is 112 cm³/mol. The Labute approximate surface area is 165 Å². The Hall–Kier alpha value is -2.47. The Morgan fingerprint density at radius 3 is 2.54 bits per heavy atom. The summed E-state index contributed by atoms with van der Waals surface area (Å²) in [5.41, 5.74) is 3.09. The third kappa shape index (κ3) is 4.02. The first-order chi connectivity index (χ1) is 13.8. The van der Waals surface area contributed by atoms with Gasteiger partial charge in [-0.05, 0) is 24.1 Å². The van der Waals surface area contributed by atoms with E-state index in [1.807, 2.05) is 36.4 Å². The maximum atomic E-state index is 9.91. The van der Waals surface area contributed by atoms with Crippen LogP contribution in [0.15, 0.2) is 60.7 Å². The van der Waals surface area contributed by atoms with Crippen LogP contribution in [0.5, 0.6) is 0 Å². The molecule has 0 radical (unpaired) electrons. The van der Waals surface area contributed by atoms with E-state index >= 15 is 0 Å². The number of nitrogens with zero attached hydrogens (tertiary/aromatic N) is 3. The summed E-state index contributed by atoms with van der Waals surface area (Å²) < 4.78 is 0. The van der Waals surface area contributed by atoms with Gasteiger partial charge in [0.05, 0.1) is 12.1 Å². The van der Waals surface area contributed by atoms with Gasteiger partial charge in [-0.2, -0.15) is 0 Å². The molecular formula is C23H27N3O2. The number of para-hydroxylation sites is 1. The van der Waals surface area contributed by atoms with Crippen LogP contribution in [0.1, 0.15) is 17.5 Å². The highest BCUT2D eigenvalue weighted by Crippen LogP contribution is 2.27. The summed E-state index contributed by atoms with van der Waals surface area (Å²) in [6, 6.07) is 20.8. The number of fused-ring (bicyclic) bond motifs is 1. The molecule has 1 aliphatic heterocycles. The lowest BCUT2D eigenvalue weighted by molar-refractivity contribution is 0.135. The van der Waals surface area contributed by atoms with Gasteiger partial charge in [0.1, 0.15) is 5.82 Å². The Morgan fingerprint density at radius 2 is 1.75 bits per heavy atom. The second-order valence-corrected chi connectivity index (χ2v) is 7.39. The van der Waals surface area contributed by atoms with E-state index in [1.165, 1.54) is 5.56 Å². The largest absolute Gasteiger partial charge is 0.396 e. The third-order valence-electron chi connectivity index (χ3n) is 5.55. The molecule has 1 saturated heterocycles. The van der Waals surface area contributed by atoms with E-state index in [2.05, 4.69) is 34.1 Å². The van der Waals surface area contributed by atoms with Gasteiger partial charge in [0.2, 0.25) is 0 Å². The number of anilines is 1. The molecule has 28 heavy (non-hydrogen) atoms. The number of rotatable bonds is 6. The molecule has 1 atom stereocenters. The van der Waals surface area contributed by atoms with Crippen molar-refractivity contribution in [2.45, 2.75) is 25.6 Å². The molecule has 1 aromatic heterocycles. The monoisotopic (exact) mass is 377 g/mol. The molecule has 5 heteroatoms. The molecule has 2 N–H and O–H groups in total. The molecule has 2 aromatic carbocycles. The zero-order valence-corrected chi connectivity index (χ0v) is 16.0. The predicted octanol–water partition coefficient (Wildman–Crippen LogP) is 2.80. The molecule has 5 nitrogen and oxygen atoms in total. The van der Waals surface area contributed by atoms with Crippen LogP contribution in [-0.4, -0.2) is 52.4 Å². The molecule has 0 spiro atoms. The van der Waals surface area contributed by atoms with Crippen LogP contribution >= 0.6 is 0 Å². The first-order valence-corrected chi connectivity index (χ1v) is 9.92. The summed E-state index contributed by atoms with van der Waals surface area (Å²) in [6.45, 7) is 3.58. The molecular weight excluding hydrogens is 350 g/mol. The highest BCUT2D eigenvalue weighted by molar-refractivity contribution is 5.81. The normalized spacial score (nSPS) is 17.9. The standard InChI is InChI=1S/C23H27N3O2/c27-13-10-21-16-26(12-11-25(21)15-18-6-2-1-3-7-18)23-20(17-28)14-19-8-4-5-9-22(19)24-23/h1-9,14,21,27-28H,10-13,15-17H2. The lowest BCUT2D eigenvalue weighted by atomic mass is 10.1. The van der Waals surface area contributed by atoms with Crippen molar-refractivity contribution in [3.63, 3.8) is 0 Å². The number of aromatic nitrogens is 1. The molecule has 0 aliphatic carbocycles. The summed E-state index contributed by atoms with van der Waals surface area (Å²) in [5.74, 6) is 0.864. The van der Waals surface area contributed by atoms with Crippen molar-refractivity contribution in [2.24, 2.45) is 0 Å². The number of pyridine rings is 1. The van der Waals surface area contributed by atoms with Crippen LogP contribution in [0.3, 0.4) is 0 Å². The van der Waals surface area contributed by atoms with Crippen LogP contribution in [0.4, 0.5) is 5.82 Å². The van der Waals surface area contributed by atoms with E-state index in [4.69, 9.17) is 4.98 Å². The molecule has 3 aromatic rings. The molecule has 0 bridgehead atoms. The molecule has 0 saturated carbocycles. The highest BCUT2D eigenvalue weighted by atomic mass is 16.3. The molecule has 0 amide bonds. The first-order valence-electron chi connectivity index (χ1n) is 9.92. The van der Waals surface area contributed by atoms with Crippen molar-refractivity contribution in [2.75, 3.05) is 31.1 Å². The highest BCUT2D eigenvalue weighted by Gasteiger charge is 2.28. The van der Waals surface area contributed by atoms with Crippen LogP contribution in [-0.2, 0) is 13.2 Å². The van der Waals surface area contributed by atoms with Crippen molar-refractivity contribution < 1.29 is 10.2 Å². The summed E-state index contributed by atoms with van der Waals surface area (Å²) in [4.78, 5) is 9.57. The van der Waals surface area contributed by atoms with E-state index in [0.29, 0.717) is 0 Å². The quantitative estimate of drug-likeness (QED) is 0.692. The fourth-order valence-corrected chi connectivity index (χ4v) is 4.07. The van der Waals surface area contributed by atoms with Crippen molar-refractivity contribution in [3.8, 4) is 0 Å². The minimum absolute atomic E-state index is 0.0257. The summed E-state index contributed by atoms with van der Waals surface area (Å²) >= 11 is 0. The van der Waals surface area contributed by atoms with Gasteiger partial charge in [-0.3, -0.25) is 4.90 Å². The summed E-state index contributed by atoms with van der Waals surface area (Å²) in [7, 11) is 0. The molecule has 1 unspecified atom stereocenters. The number of hydrogen-bond acceptors (Lipinski definition) is 5. The van der Waals surface area contributed by atoms with Gasteiger partial charge in [-0.1, -0.05) is 48.5 Å². The number of aliphatic hydroxyl groups is 2. The van der Waals surface area contributed by atoms with E-state index in [1.54, 1.807) is 0 Å². The molecule has 1 aliphatic rings. The summed E-state index contributed by atoms with van der Waals surface area (Å²) in [6.07, 6.45) is 0.728. The van der Waals surface area contributed by atoms with Crippen LogP contribution < -0.4 is 4.90 Å². The van der Waals surface area contributed by atoms with Crippen molar-refractivity contribution in [1.82, 2.24) is 9.88 Å². The zero-order chi connectivity index (χ0) is 19.3. The Balaban J connectivity index is 1.58. The Bertz CT molecular complexity index is 916. The number of benzene rings is 2. The van der Waals surface area contributed by atoms with Gasteiger partial charge in [0.25, 0.3) is 0 Å². The number of aliphatic hydroxyl groups excluding tert-OH is 2. The summed E-state index contributed by atoms with van der Waals surface area (Å²) in [5, 5.41) is 20.6. The van der Waals surface area contributed by atoms with Gasteiger partial charge < -0.3 is 15.1 Å². The van der Waals surface area contributed by atoms with Crippen molar-refractivity contribution >= 4 is 16.7 Å². The minimum Gasteiger partial charge on any atom is -0.396 e. The average molecular weight is 377 g/mol. The second kappa shape index (κ2) is 8.69. The lowest BCUT2D eigenvalue weighted by Crippen LogP contribution is -2.53. The van der Waals surface area contributed by atoms with Crippen molar-refractivity contribution in [3.05, 3.63) is 71.8 Å². The topological polar surface area (TPSA) is 59.8 Å². The molecule has 4 rings (SSSR count). The maximum Gasteiger partial charge on any atom is 0.134 e. The molecule has 2 heterocycles. The smallest absolute Gasteiger partial charge is 0.134 e. The van der Waals surface area contributed by atoms with Crippen LogP contribution in [0.2, 0.25) is 0 Å². The SMILES string of the molecule is OCCC1CN(c2nc3ccccc3cc2CO)CCN1Cc1ccccc1. The number of piperazine rings is 1. The van der Waals surface area contributed by atoms with Gasteiger partial charge in [0, 0.05) is 49.8 Å². The van der Waals surface area contributed by atoms with E-state index in [9.17, 15) is 10.2 Å². The van der Waals surface area contributed by atoms with Gasteiger partial charge in [-0.25, -0.2) is 4.98 Å². The van der Waals surface area contributed by atoms with Crippen molar-refractivity contribution in [1.29, 1.82) is 0 Å². The fourth-order valence-electron chi connectivity index (χ4n) is 4.07. The third-order valence-corrected chi connectivity index (χ3v) is 5.55. The maximum absolute atomic E-state index is 9.91. The van der Waals surface area contributed by atoms with Crippen LogP contribution in [0.25, 0.3) is 10.9 Å². The average Bonchev–Trinajstić information content (AvgIpc) is 2.75. The number of hydrogen-bond donors (Lipinski definition) is 2. The van der Waals surface area contributed by atoms with Gasteiger partial charge in [0.15, 0.2) is 0 Å². The first kappa shape index (κ1) is 18.9. The fraction of sp³-hybridized carbons (Fsp3) is 0.348. The molecule has 146 valence electrons. The van der Waals surface area contributed by atoms with E-state index in [-0.39, 0.29) is 19.3 Å². The van der Waals surface area contributed by atoms with E-state index < -0.39 is 0 Å². The Kier molecular flexibility index (Phi) is 5.86. The molecule has 1 fully saturated rings. The van der Waals surface area contributed by atoms with Crippen LogP contribution in [0, 0.1) is 0 Å².